The quantitative estimate of drug-likeness (QED) is 0.0392. The zero-order valence-electron chi connectivity index (χ0n) is 132. The summed E-state index contributed by atoms with van der Waals surface area (Å²) < 4.78 is 451. The number of aliphatic hydroxyl groups is 6. The summed E-state index contributed by atoms with van der Waals surface area (Å²) in [6.45, 7) is -16.1. The van der Waals surface area contributed by atoms with Crippen LogP contribution in [-0.4, -0.2) is 260 Å². The van der Waals surface area contributed by atoms with Gasteiger partial charge < -0.3 is 87.5 Å². The van der Waals surface area contributed by atoms with E-state index in [9.17, 15) is 30.6 Å². The predicted molar refractivity (Wildman–Crippen MR) is 561 cm³/mol. The number of methoxy groups -OCH3 is 12. The monoisotopic (exact) mass is 2010 g/mol. The molecule has 0 aliphatic carbocycles. The molecule has 18 unspecified atom stereocenters. The highest BCUT2D eigenvalue weighted by Gasteiger charge is 2.47. The number of piperidine rings is 6. The lowest BCUT2D eigenvalue weighted by atomic mass is 9.75. The molecule has 0 amide bonds. The maximum atomic E-state index is 11.1. The van der Waals surface area contributed by atoms with Gasteiger partial charge in [0.25, 0.3) is 0 Å². The summed E-state index contributed by atoms with van der Waals surface area (Å²) >= 11 is 0. The average molecular weight is 2010 g/mol. The molecule has 6 N–H and O–H groups in total. The Morgan fingerprint density at radius 1 is 0.270 bits per heavy atom. The van der Waals surface area contributed by atoms with Crippen molar-refractivity contribution in [3.05, 3.63) is 140 Å². The number of nitrogens with zero attached hydrogens (tertiary/aromatic N) is 6. The van der Waals surface area contributed by atoms with Crippen molar-refractivity contribution in [1.29, 1.82) is 0 Å². The van der Waals surface area contributed by atoms with Gasteiger partial charge in [0.2, 0.25) is 0 Å². The zero-order valence-corrected chi connectivity index (χ0v) is 84.2. The van der Waals surface area contributed by atoms with Crippen molar-refractivity contribution in [2.24, 2.45) is 69.5 Å². The second kappa shape index (κ2) is 48.4. The van der Waals surface area contributed by atoms with Crippen LogP contribution in [0.15, 0.2) is 72.8 Å². The number of fused-ring (bicyclic) bond motifs is 18. The first-order chi connectivity index (χ1) is 86.0. The van der Waals surface area contributed by atoms with Gasteiger partial charge in [-0.1, -0.05) is 103 Å². The van der Waals surface area contributed by atoms with Crippen molar-refractivity contribution in [2.45, 2.75) is 292 Å². The molecule has 0 bridgehead atoms. The Morgan fingerprint density at radius 2 is 0.426 bits per heavy atom. The summed E-state index contributed by atoms with van der Waals surface area (Å²) in [5.74, 6) is -3.00. The molecule has 12 aliphatic heterocycles. The third kappa shape index (κ3) is 26.9. The van der Waals surface area contributed by atoms with E-state index in [1.54, 1.807) is 56.7 Å². The summed E-state index contributed by atoms with van der Waals surface area (Å²) in [4.78, 5) is 9.58. The Kier molecular flexibility index (Phi) is 21.5. The topological polar surface area (TPSA) is 252 Å². The van der Waals surface area contributed by atoms with Crippen LogP contribution in [0.2, 0.25) is 0 Å². The molecular weight excluding hydrogens is 1780 g/mol. The average Bonchev–Trinajstić information content (AvgIpc) is 0.694. The minimum atomic E-state index is -3.35. The lowest BCUT2D eigenvalue weighted by Gasteiger charge is -2.47. The van der Waals surface area contributed by atoms with E-state index in [0.717, 1.165) is 66.1 Å². The van der Waals surface area contributed by atoms with Crippen LogP contribution >= 0.6 is 0 Å². The standard InChI is InChI=1S/3C20H31NO3.3C19H29NO3/c3*1-20(2,3)11-14-12-21-7-6-13-8-18(23-4)19(24-5)9-15(13)16(21)10-17(14)22;3*1-12(2)7-14-11-20-6-5-13-8-18(22-3)19(23-4)9-15(13)16(20)10-17(14)21/h3*8-9,14,16-17,22H,6-7,10-12H2,1-5H3;3*8-9,12,14,16-17,21H,5-7,10-11H2,1-4H3/i1D3,2D3,5D3,11D2,12D2;1D3,2D3,4D3,11D2,12D2;1D3,2D3,11D2,12D2;4D3,11D2;3D3,11D2;11D2. The van der Waals surface area contributed by atoms with Crippen molar-refractivity contribution in [1.82, 2.24) is 29.4 Å². The summed E-state index contributed by atoms with van der Waals surface area (Å²) in [5, 5.41) is 65.6. The lowest BCUT2D eigenvalue weighted by molar-refractivity contribution is -0.0259. The molecule has 786 valence electrons. The molecule has 0 aromatic heterocycles. The second-order valence-corrected chi connectivity index (χ2v) is 40.3. The first-order valence-electron chi connectivity index (χ1n) is 72.8. The van der Waals surface area contributed by atoms with Gasteiger partial charge in [0.1, 0.15) is 0 Å². The van der Waals surface area contributed by atoms with Crippen LogP contribution in [0.5, 0.6) is 69.0 Å². The number of aliphatic hydroxyl groups excluding tert-OH is 6. The largest absolute Gasteiger partial charge is 0.493 e. The molecule has 6 saturated heterocycles. The Labute approximate surface area is 913 Å². The van der Waals surface area contributed by atoms with Gasteiger partial charge in [0.15, 0.2) is 69.0 Å². The van der Waals surface area contributed by atoms with E-state index in [4.69, 9.17) is 123 Å². The third-order valence-corrected chi connectivity index (χ3v) is 28.3. The van der Waals surface area contributed by atoms with E-state index < -0.39 is 228 Å². The molecule has 24 heteroatoms. The molecule has 141 heavy (non-hydrogen) atoms. The van der Waals surface area contributed by atoms with Crippen LogP contribution in [0.1, 0.15) is 349 Å². The van der Waals surface area contributed by atoms with Gasteiger partial charge in [0, 0.05) is 164 Å². The molecule has 0 saturated carbocycles. The molecule has 6 aromatic rings. The first kappa shape index (κ1) is 62.6. The van der Waals surface area contributed by atoms with Crippen LogP contribution in [0.25, 0.3) is 0 Å². The normalized spacial score (nSPS) is 35.8. The second-order valence-electron chi connectivity index (χ2n) is 40.3. The van der Waals surface area contributed by atoms with Gasteiger partial charge in [-0.05, 0) is 324 Å². The lowest BCUT2D eigenvalue weighted by Crippen LogP contribution is -2.48. The van der Waals surface area contributed by atoms with Crippen molar-refractivity contribution in [2.75, 3.05) is 163 Å². The smallest absolute Gasteiger partial charge is 0.161 e. The zero-order chi connectivity index (χ0) is 143. The number of rotatable bonds is 21. The summed E-state index contributed by atoms with van der Waals surface area (Å²) in [6, 6.07) is 17.2. The van der Waals surface area contributed by atoms with E-state index >= 15 is 0 Å². The minimum absolute atomic E-state index is 0.0156. The summed E-state index contributed by atoms with van der Waals surface area (Å²) in [5.41, 5.74) is 0.686. The number of hydrogen-bond donors (Lipinski definition) is 6. The fourth-order valence-corrected chi connectivity index (χ4v) is 21.7. The van der Waals surface area contributed by atoms with Gasteiger partial charge in [-0.3, -0.25) is 29.4 Å². The predicted octanol–water partition coefficient (Wildman–Crippen LogP) is 19.3. The van der Waals surface area contributed by atoms with Gasteiger partial charge >= 0.3 is 0 Å². The van der Waals surface area contributed by atoms with Crippen molar-refractivity contribution >= 4 is 0 Å². The number of benzene rings is 6. The van der Waals surface area contributed by atoms with E-state index in [1.165, 1.54) is 75.6 Å². The maximum Gasteiger partial charge on any atom is 0.161 e. The van der Waals surface area contributed by atoms with E-state index in [2.05, 4.69) is 13.8 Å². The molecule has 12 aliphatic rings. The van der Waals surface area contributed by atoms with Gasteiger partial charge in [-0.2, -0.15) is 0 Å². The molecule has 18 atom stereocenters. The molecular formula is C117H180N6O18. The van der Waals surface area contributed by atoms with Crippen molar-refractivity contribution < 1.29 is 153 Å². The number of ether oxygens (including phenoxy) is 12. The highest BCUT2D eigenvalue weighted by molar-refractivity contribution is 5.55. The van der Waals surface area contributed by atoms with E-state index in [-0.39, 0.29) is 116 Å². The molecule has 24 nitrogen and oxygen atoms in total. The summed E-state index contributed by atoms with van der Waals surface area (Å²) in [7, 11) is 1.03. The Bertz CT molecular complexity index is 7130. The Hall–Kier alpha value is -7.56. The first-order valence-corrected chi connectivity index (χ1v) is 48.8. The SMILES string of the molecule is [2H]C([2H])([2H])Oc1cc2c(cc1OC)C1CC(O)C(C([2H])([2H])C(C)(C([2H])([2H])[2H])C([2H])([2H])[2H])C([2H])([2H])N1CC2.[2H]C([2H])([2H])Oc1cc2c(cc1OC)C1CC(O)C(CC(C)C)C([2H])([2H])N1CC2.[2H]C([2H])([2H])Oc1cc2c(cc1OC)CCN1C2CC(O)C(C([2H])([2H])C(C)(C([2H])([2H])[2H])C([2H])([2H])[2H])C1([2H])[2H].[2H]C([2H])([2H])Oc1cc2c(cc1OC)CCN1C2CC(O)C(CC(C)C)C1([2H])[2H].[2H]C1([2H])C(C([2H])([2H])C(C)(C([2H])([2H])[2H])C([2H])([2H])[2H])C(O)CC2c3cc(OC)c(OC)cc3CCN21.[2H]C1([2H])C(CC(C)C)C(O)CC2c3cc(OC)c(OC)cc3CCN21. The van der Waals surface area contributed by atoms with Crippen LogP contribution in [-0.2, 0) is 38.5 Å². The van der Waals surface area contributed by atoms with Gasteiger partial charge in [0.05, 0.1) is 138 Å². The Balaban J connectivity index is 0.000000184. The minimum Gasteiger partial charge on any atom is -0.493 e. The van der Waals surface area contributed by atoms with E-state index in [1.807, 2.05) is 54.5 Å². The molecule has 6 fully saturated rings. The van der Waals surface area contributed by atoms with Crippen LogP contribution in [0, 0.1) is 69.5 Å². The highest BCUT2D eigenvalue weighted by Crippen LogP contribution is 2.53. The molecule has 0 radical (unpaired) electrons. The fraction of sp³-hybridized carbons (Fsp3) is 0.692. The Morgan fingerprint density at radius 3 is 0.589 bits per heavy atom. The fourth-order valence-electron chi connectivity index (χ4n) is 21.7. The van der Waals surface area contributed by atoms with Crippen LogP contribution in [0.4, 0.5) is 0 Å². The van der Waals surface area contributed by atoms with Crippen molar-refractivity contribution in [3.63, 3.8) is 0 Å². The van der Waals surface area contributed by atoms with Crippen LogP contribution < -0.4 is 56.8 Å². The molecule has 18 rings (SSSR count). The van der Waals surface area contributed by atoms with Gasteiger partial charge in [-0.25, -0.2) is 0 Å². The number of hydrogen-bond acceptors (Lipinski definition) is 24. The van der Waals surface area contributed by atoms with E-state index in [0.29, 0.717) is 152 Å². The molecule has 0 spiro atoms. The van der Waals surface area contributed by atoms with Crippen LogP contribution in [0.3, 0.4) is 0 Å². The summed E-state index contributed by atoms with van der Waals surface area (Å²) in [6.07, 6.45) is -11.2. The van der Waals surface area contributed by atoms with Gasteiger partial charge in [-0.15, -0.1) is 0 Å². The van der Waals surface area contributed by atoms with Crippen molar-refractivity contribution in [3.8, 4) is 69.0 Å². The molecule has 6 aromatic carbocycles. The maximum absolute atomic E-state index is 11.1. The molecule has 12 heterocycles. The highest BCUT2D eigenvalue weighted by atomic mass is 16.5. The third-order valence-electron chi connectivity index (χ3n) is 28.3.